The van der Waals surface area contributed by atoms with Crippen LogP contribution in [-0.4, -0.2) is 36.8 Å². The molecule has 0 heterocycles. The molecule has 1 amide bonds. The van der Waals surface area contributed by atoms with Gasteiger partial charge in [-0.1, -0.05) is 24.8 Å². The first-order valence-electron chi connectivity index (χ1n) is 6.02. The molecule has 0 saturated heterocycles. The number of allylic oxidation sites excluding steroid dienone is 3. The van der Waals surface area contributed by atoms with Crippen LogP contribution in [0.1, 0.15) is 20.8 Å². The second kappa shape index (κ2) is 7.94. The van der Waals surface area contributed by atoms with Crippen LogP contribution in [0.25, 0.3) is 0 Å². The summed E-state index contributed by atoms with van der Waals surface area (Å²) in [4.78, 5) is 13.0. The lowest BCUT2D eigenvalue weighted by atomic mass is 10.2. The third kappa shape index (κ3) is 7.19. The third-order valence-corrected chi connectivity index (χ3v) is 2.35. The minimum Gasteiger partial charge on any atom is -0.487 e. The van der Waals surface area contributed by atoms with E-state index in [1.165, 1.54) is 11.0 Å². The SMILES string of the molecule is C=C/C(Cl)=C(/OCCN(C)C(=O)OC(C)(C)C)C(=C)F. The summed E-state index contributed by atoms with van der Waals surface area (Å²) in [5.41, 5.74) is -0.573. The van der Waals surface area contributed by atoms with Crippen LogP contribution in [0.3, 0.4) is 0 Å². The maximum Gasteiger partial charge on any atom is 0.410 e. The molecule has 0 aliphatic heterocycles. The van der Waals surface area contributed by atoms with E-state index in [2.05, 4.69) is 13.2 Å². The third-order valence-electron chi connectivity index (χ3n) is 2.02. The molecule has 0 saturated carbocycles. The number of rotatable bonds is 6. The van der Waals surface area contributed by atoms with E-state index in [1.807, 2.05) is 0 Å². The van der Waals surface area contributed by atoms with E-state index in [4.69, 9.17) is 21.1 Å². The number of hydrogen-bond acceptors (Lipinski definition) is 3. The van der Waals surface area contributed by atoms with Crippen molar-refractivity contribution in [3.8, 4) is 0 Å². The molecule has 0 aromatic carbocycles. The molecule has 0 aliphatic carbocycles. The zero-order valence-electron chi connectivity index (χ0n) is 12.3. The molecule has 0 radical (unpaired) electrons. The standard InChI is InChI=1S/C14H21ClFNO3/c1-7-11(15)12(10(2)16)19-9-8-17(6)13(18)20-14(3,4)5/h7H,1-2,8-9H2,3-6H3/b12-11-. The van der Waals surface area contributed by atoms with Gasteiger partial charge < -0.3 is 14.4 Å². The Balaban J connectivity index is 4.40. The van der Waals surface area contributed by atoms with Crippen molar-refractivity contribution in [2.24, 2.45) is 0 Å². The van der Waals surface area contributed by atoms with Gasteiger partial charge in [-0.05, 0) is 26.8 Å². The average Bonchev–Trinajstić information content (AvgIpc) is 2.30. The van der Waals surface area contributed by atoms with Crippen molar-refractivity contribution in [1.29, 1.82) is 0 Å². The van der Waals surface area contributed by atoms with Crippen LogP contribution in [-0.2, 0) is 9.47 Å². The van der Waals surface area contributed by atoms with Crippen LogP contribution in [0.5, 0.6) is 0 Å². The molecular weight excluding hydrogens is 285 g/mol. The van der Waals surface area contributed by atoms with Gasteiger partial charge in [0.1, 0.15) is 12.2 Å². The first-order chi connectivity index (χ1) is 9.08. The first-order valence-corrected chi connectivity index (χ1v) is 6.40. The average molecular weight is 306 g/mol. The normalized spacial score (nSPS) is 12.3. The topological polar surface area (TPSA) is 38.8 Å². The molecule has 114 valence electrons. The second-order valence-electron chi connectivity index (χ2n) is 5.04. The van der Waals surface area contributed by atoms with E-state index in [9.17, 15) is 9.18 Å². The number of nitrogens with zero attached hydrogens (tertiary/aromatic N) is 1. The van der Waals surface area contributed by atoms with Gasteiger partial charge in [-0.2, -0.15) is 0 Å². The Morgan fingerprint density at radius 2 is 2.00 bits per heavy atom. The summed E-state index contributed by atoms with van der Waals surface area (Å²) >= 11 is 5.72. The molecule has 0 rings (SSSR count). The molecule has 0 N–H and O–H groups in total. The van der Waals surface area contributed by atoms with Gasteiger partial charge in [0.15, 0.2) is 11.6 Å². The molecule has 0 spiro atoms. The monoisotopic (exact) mass is 305 g/mol. The minimum atomic E-state index is -0.796. The summed E-state index contributed by atoms with van der Waals surface area (Å²) in [5, 5.41) is 0.0254. The fourth-order valence-corrected chi connectivity index (χ4v) is 1.24. The number of halogens is 2. The highest BCUT2D eigenvalue weighted by atomic mass is 35.5. The van der Waals surface area contributed by atoms with Crippen LogP contribution < -0.4 is 0 Å². The molecule has 6 heteroatoms. The molecular formula is C14H21ClFNO3. The summed E-state index contributed by atoms with van der Waals surface area (Å²) in [7, 11) is 1.56. The Bertz CT molecular complexity index is 413. The van der Waals surface area contributed by atoms with Crippen molar-refractivity contribution >= 4 is 17.7 Å². The summed E-state index contributed by atoms with van der Waals surface area (Å²) in [6.45, 7) is 12.1. The van der Waals surface area contributed by atoms with Crippen LogP contribution >= 0.6 is 11.6 Å². The second-order valence-corrected chi connectivity index (χ2v) is 5.44. The largest absolute Gasteiger partial charge is 0.487 e. The number of hydrogen-bond donors (Lipinski definition) is 0. The highest BCUT2D eigenvalue weighted by molar-refractivity contribution is 6.31. The number of ether oxygens (including phenoxy) is 2. The lowest BCUT2D eigenvalue weighted by Crippen LogP contribution is -2.36. The van der Waals surface area contributed by atoms with Crippen molar-refractivity contribution in [3.63, 3.8) is 0 Å². The molecule has 0 unspecified atom stereocenters. The zero-order chi connectivity index (χ0) is 15.9. The van der Waals surface area contributed by atoms with Crippen LogP contribution in [0.2, 0.25) is 0 Å². The van der Waals surface area contributed by atoms with E-state index in [-0.39, 0.29) is 23.9 Å². The maximum atomic E-state index is 13.1. The van der Waals surface area contributed by atoms with Gasteiger partial charge in [0.2, 0.25) is 0 Å². The zero-order valence-corrected chi connectivity index (χ0v) is 13.1. The molecule has 4 nitrogen and oxygen atoms in total. The fourth-order valence-electron chi connectivity index (χ4n) is 1.09. The molecule has 20 heavy (non-hydrogen) atoms. The smallest absolute Gasteiger partial charge is 0.410 e. The van der Waals surface area contributed by atoms with E-state index >= 15 is 0 Å². The number of carbonyl (C=O) groups excluding carboxylic acids is 1. The Morgan fingerprint density at radius 3 is 2.40 bits per heavy atom. The quantitative estimate of drug-likeness (QED) is 0.550. The summed E-state index contributed by atoms with van der Waals surface area (Å²) in [6, 6.07) is 0. The van der Waals surface area contributed by atoms with Crippen molar-refractivity contribution in [2.45, 2.75) is 26.4 Å². The Labute approximate surface area is 124 Å². The maximum absolute atomic E-state index is 13.1. The van der Waals surface area contributed by atoms with Gasteiger partial charge in [0.25, 0.3) is 0 Å². The van der Waals surface area contributed by atoms with Crippen LogP contribution in [0, 0.1) is 0 Å². The Kier molecular flexibility index (Phi) is 7.35. The molecule has 0 aromatic heterocycles. The number of amides is 1. The van der Waals surface area contributed by atoms with E-state index < -0.39 is 17.5 Å². The molecule has 0 aliphatic rings. The van der Waals surface area contributed by atoms with Crippen LogP contribution in [0.15, 0.2) is 35.9 Å². The van der Waals surface area contributed by atoms with Crippen molar-refractivity contribution in [2.75, 3.05) is 20.2 Å². The van der Waals surface area contributed by atoms with Crippen molar-refractivity contribution in [1.82, 2.24) is 4.90 Å². The summed E-state index contributed by atoms with van der Waals surface area (Å²) < 4.78 is 23.4. The minimum absolute atomic E-state index is 0.0254. The van der Waals surface area contributed by atoms with Gasteiger partial charge in [0, 0.05) is 7.05 Å². The fraction of sp³-hybridized carbons (Fsp3) is 0.500. The number of likely N-dealkylation sites (N-methyl/N-ethyl adjacent to an activating group) is 1. The van der Waals surface area contributed by atoms with Gasteiger partial charge >= 0.3 is 6.09 Å². The molecule has 0 bridgehead atoms. The highest BCUT2D eigenvalue weighted by Gasteiger charge is 2.19. The lowest BCUT2D eigenvalue weighted by Gasteiger charge is -2.24. The Morgan fingerprint density at radius 1 is 1.45 bits per heavy atom. The van der Waals surface area contributed by atoms with Gasteiger partial charge in [0.05, 0.1) is 11.6 Å². The van der Waals surface area contributed by atoms with Crippen molar-refractivity contribution < 1.29 is 18.7 Å². The van der Waals surface area contributed by atoms with E-state index in [1.54, 1.807) is 27.8 Å². The van der Waals surface area contributed by atoms with E-state index in [0.717, 1.165) is 0 Å². The Hall–Kier alpha value is -1.49. The van der Waals surface area contributed by atoms with Gasteiger partial charge in [-0.3, -0.25) is 0 Å². The van der Waals surface area contributed by atoms with Gasteiger partial charge in [-0.15, -0.1) is 0 Å². The van der Waals surface area contributed by atoms with E-state index in [0.29, 0.717) is 0 Å². The predicted molar refractivity (Wildman–Crippen MR) is 78.1 cm³/mol. The molecule has 0 atom stereocenters. The highest BCUT2D eigenvalue weighted by Crippen LogP contribution is 2.20. The number of carbonyl (C=O) groups is 1. The summed E-state index contributed by atoms with van der Waals surface area (Å²) in [5.74, 6) is -0.978. The van der Waals surface area contributed by atoms with Crippen molar-refractivity contribution in [3.05, 3.63) is 35.9 Å². The summed E-state index contributed by atoms with van der Waals surface area (Å²) in [6.07, 6.45) is 0.764. The molecule has 0 fully saturated rings. The lowest BCUT2D eigenvalue weighted by molar-refractivity contribution is 0.0261. The predicted octanol–water partition coefficient (Wildman–Crippen LogP) is 3.99. The molecule has 0 aromatic rings. The van der Waals surface area contributed by atoms with Gasteiger partial charge in [-0.25, -0.2) is 9.18 Å². The first kappa shape index (κ1) is 18.5. The van der Waals surface area contributed by atoms with Crippen LogP contribution in [0.4, 0.5) is 9.18 Å².